The first-order valence-electron chi connectivity index (χ1n) is 8.25. The molecule has 2 aliphatic heterocycles. The van der Waals surface area contributed by atoms with Crippen LogP contribution in [0.4, 0.5) is 0 Å². The van der Waals surface area contributed by atoms with Crippen LogP contribution < -0.4 is 5.32 Å². The molecule has 2 fully saturated rings. The summed E-state index contributed by atoms with van der Waals surface area (Å²) >= 11 is 0. The number of benzene rings is 1. The summed E-state index contributed by atoms with van der Waals surface area (Å²) in [4.78, 5) is 2.58. The Kier molecular flexibility index (Phi) is 5.89. The van der Waals surface area contributed by atoms with E-state index in [0.29, 0.717) is 5.41 Å². The van der Waals surface area contributed by atoms with Gasteiger partial charge >= 0.3 is 0 Å². The summed E-state index contributed by atoms with van der Waals surface area (Å²) in [6, 6.07) is 10.6. The van der Waals surface area contributed by atoms with Crippen molar-refractivity contribution in [2.45, 2.75) is 31.6 Å². The number of halogens is 1. The van der Waals surface area contributed by atoms with E-state index in [9.17, 15) is 5.11 Å². The lowest BCUT2D eigenvalue weighted by Gasteiger charge is -2.44. The quantitative estimate of drug-likeness (QED) is 0.893. The number of hydrogen-bond acceptors (Lipinski definition) is 3. The number of aliphatic hydroxyl groups is 1. The number of piperidine rings is 1. The van der Waals surface area contributed by atoms with Crippen molar-refractivity contribution in [3.63, 3.8) is 0 Å². The summed E-state index contributed by atoms with van der Waals surface area (Å²) in [7, 11) is 0. The molecule has 2 N–H and O–H groups in total. The molecule has 4 heteroatoms. The Morgan fingerprint density at radius 2 is 2.00 bits per heavy atom. The van der Waals surface area contributed by atoms with E-state index in [2.05, 4.69) is 47.5 Å². The minimum atomic E-state index is -0.0676. The van der Waals surface area contributed by atoms with Gasteiger partial charge in [0.05, 0.1) is 6.61 Å². The number of nitrogens with zero attached hydrogens (tertiary/aromatic N) is 1. The average molecular weight is 325 g/mol. The van der Waals surface area contributed by atoms with Crippen LogP contribution in [0, 0.1) is 5.41 Å². The van der Waals surface area contributed by atoms with E-state index in [4.69, 9.17) is 0 Å². The summed E-state index contributed by atoms with van der Waals surface area (Å²) in [6.45, 7) is 8.23. The lowest BCUT2D eigenvalue weighted by atomic mass is 9.74. The minimum absolute atomic E-state index is 0. The van der Waals surface area contributed by atoms with Gasteiger partial charge in [0.25, 0.3) is 0 Å². The molecule has 2 heterocycles. The van der Waals surface area contributed by atoms with E-state index < -0.39 is 0 Å². The molecule has 3 nitrogen and oxygen atoms in total. The molecule has 2 aliphatic rings. The van der Waals surface area contributed by atoms with Gasteiger partial charge in [0.2, 0.25) is 0 Å². The second kappa shape index (κ2) is 7.31. The predicted molar refractivity (Wildman–Crippen MR) is 93.7 cm³/mol. The Labute approximate surface area is 140 Å². The van der Waals surface area contributed by atoms with E-state index in [0.717, 1.165) is 32.6 Å². The fourth-order valence-electron chi connectivity index (χ4n) is 4.15. The van der Waals surface area contributed by atoms with Crippen molar-refractivity contribution in [2.75, 3.05) is 39.3 Å². The summed E-state index contributed by atoms with van der Waals surface area (Å²) in [6.07, 6.45) is 3.54. The van der Waals surface area contributed by atoms with Gasteiger partial charge in [-0.15, -0.1) is 12.4 Å². The Hall–Kier alpha value is -0.610. The molecule has 2 atom stereocenters. The molecule has 0 amide bonds. The molecule has 1 aromatic rings. The Bertz CT molecular complexity index is 461. The molecule has 0 spiro atoms. The van der Waals surface area contributed by atoms with Gasteiger partial charge in [-0.05, 0) is 43.3 Å². The normalized spacial score (nSPS) is 32.6. The molecule has 0 aromatic heterocycles. The topological polar surface area (TPSA) is 35.5 Å². The lowest BCUT2D eigenvalue weighted by molar-refractivity contribution is 0.0652. The van der Waals surface area contributed by atoms with Crippen LogP contribution in [0.5, 0.6) is 0 Å². The Balaban J connectivity index is 0.00000176. The van der Waals surface area contributed by atoms with E-state index in [-0.39, 0.29) is 24.4 Å². The third-order valence-corrected chi connectivity index (χ3v) is 5.41. The third kappa shape index (κ3) is 3.65. The number of likely N-dealkylation sites (tertiary alicyclic amines) is 1. The van der Waals surface area contributed by atoms with Crippen LogP contribution in [0.15, 0.2) is 30.3 Å². The highest BCUT2D eigenvalue weighted by Crippen LogP contribution is 2.36. The van der Waals surface area contributed by atoms with Crippen molar-refractivity contribution >= 4 is 12.4 Å². The fraction of sp³-hybridized carbons (Fsp3) is 0.667. The van der Waals surface area contributed by atoms with E-state index >= 15 is 0 Å². The number of aliphatic hydroxyl groups excluding tert-OH is 1. The van der Waals surface area contributed by atoms with E-state index in [1.54, 1.807) is 0 Å². The highest BCUT2D eigenvalue weighted by Gasteiger charge is 2.39. The minimum Gasteiger partial charge on any atom is -0.395 e. The molecule has 2 unspecified atom stereocenters. The van der Waals surface area contributed by atoms with Gasteiger partial charge in [0.1, 0.15) is 0 Å². The van der Waals surface area contributed by atoms with Crippen molar-refractivity contribution < 1.29 is 5.11 Å². The first-order valence-corrected chi connectivity index (χ1v) is 8.25. The smallest absolute Gasteiger partial charge is 0.0540 e. The molecule has 1 aromatic carbocycles. The van der Waals surface area contributed by atoms with Gasteiger partial charge in [-0.3, -0.25) is 0 Å². The second-order valence-electron chi connectivity index (χ2n) is 7.36. The first-order chi connectivity index (χ1) is 10.2. The molecule has 0 radical (unpaired) electrons. The maximum absolute atomic E-state index is 10.1. The zero-order chi connectivity index (χ0) is 14.8. The van der Waals surface area contributed by atoms with Crippen molar-refractivity contribution in [1.82, 2.24) is 10.2 Å². The average Bonchev–Trinajstić information content (AvgIpc) is 2.94. The molecule has 0 saturated carbocycles. The molecule has 124 valence electrons. The highest BCUT2D eigenvalue weighted by atomic mass is 35.5. The van der Waals surface area contributed by atoms with Gasteiger partial charge in [-0.25, -0.2) is 0 Å². The maximum Gasteiger partial charge on any atom is 0.0540 e. The van der Waals surface area contributed by atoms with Crippen LogP contribution in [0.25, 0.3) is 0 Å². The van der Waals surface area contributed by atoms with Gasteiger partial charge < -0.3 is 15.3 Å². The molecule has 3 rings (SSSR count). The van der Waals surface area contributed by atoms with Crippen LogP contribution in [-0.2, 0) is 5.41 Å². The van der Waals surface area contributed by atoms with Crippen LogP contribution in [0.1, 0.15) is 31.7 Å². The van der Waals surface area contributed by atoms with Crippen molar-refractivity contribution in [3.8, 4) is 0 Å². The fourth-order valence-corrected chi connectivity index (χ4v) is 4.15. The van der Waals surface area contributed by atoms with Gasteiger partial charge in [-0.2, -0.15) is 0 Å². The van der Waals surface area contributed by atoms with Crippen molar-refractivity contribution in [1.29, 1.82) is 0 Å². The number of hydrogen-bond donors (Lipinski definition) is 2. The summed E-state index contributed by atoms with van der Waals surface area (Å²) in [5.41, 5.74) is 1.63. The van der Waals surface area contributed by atoms with Crippen molar-refractivity contribution in [3.05, 3.63) is 35.9 Å². The molecule has 0 aliphatic carbocycles. The Morgan fingerprint density at radius 1 is 1.23 bits per heavy atom. The van der Waals surface area contributed by atoms with Crippen LogP contribution in [0.3, 0.4) is 0 Å². The zero-order valence-corrected chi connectivity index (χ0v) is 14.4. The zero-order valence-electron chi connectivity index (χ0n) is 13.6. The molecule has 22 heavy (non-hydrogen) atoms. The van der Waals surface area contributed by atoms with E-state index in [1.807, 2.05) is 0 Å². The van der Waals surface area contributed by atoms with Crippen LogP contribution in [-0.4, -0.2) is 49.3 Å². The lowest BCUT2D eigenvalue weighted by Crippen LogP contribution is -2.51. The monoisotopic (exact) mass is 324 g/mol. The molecule has 0 bridgehead atoms. The largest absolute Gasteiger partial charge is 0.395 e. The van der Waals surface area contributed by atoms with Crippen molar-refractivity contribution in [2.24, 2.45) is 5.41 Å². The standard InChI is InChI=1S/C18H28N2O.ClH/c1-17(9-10-19-12-17)13-20-11-5-8-18(14-20,15-21)16-6-3-2-4-7-16;/h2-4,6-7,19,21H,5,8-15H2,1H3;1H. The highest BCUT2D eigenvalue weighted by molar-refractivity contribution is 5.85. The third-order valence-electron chi connectivity index (χ3n) is 5.41. The molecular formula is C18H29ClN2O. The summed E-state index contributed by atoms with van der Waals surface area (Å²) in [5, 5.41) is 13.6. The molecular weight excluding hydrogens is 296 g/mol. The van der Waals surface area contributed by atoms with Gasteiger partial charge in [0, 0.05) is 25.0 Å². The first kappa shape index (κ1) is 17.7. The maximum atomic E-state index is 10.1. The Morgan fingerprint density at radius 3 is 2.64 bits per heavy atom. The number of rotatable bonds is 4. The summed E-state index contributed by atoms with van der Waals surface area (Å²) < 4.78 is 0. The SMILES string of the molecule is CC1(CN2CCCC(CO)(c3ccccc3)C2)CCNC1.Cl. The van der Waals surface area contributed by atoms with E-state index in [1.165, 1.54) is 24.9 Å². The number of nitrogens with one attached hydrogen (secondary N) is 1. The second-order valence-corrected chi connectivity index (χ2v) is 7.36. The summed E-state index contributed by atoms with van der Waals surface area (Å²) in [5.74, 6) is 0. The van der Waals surface area contributed by atoms with Crippen LogP contribution in [0.2, 0.25) is 0 Å². The van der Waals surface area contributed by atoms with Gasteiger partial charge in [-0.1, -0.05) is 37.3 Å². The molecule has 2 saturated heterocycles. The van der Waals surface area contributed by atoms with Crippen LogP contribution >= 0.6 is 12.4 Å². The predicted octanol–water partition coefficient (Wildman–Crippen LogP) is 2.43. The van der Waals surface area contributed by atoms with Gasteiger partial charge in [0.15, 0.2) is 0 Å².